The van der Waals surface area contributed by atoms with Crippen molar-refractivity contribution in [3.63, 3.8) is 0 Å². The Balaban J connectivity index is 1.64. The van der Waals surface area contributed by atoms with Crippen molar-refractivity contribution in [2.75, 3.05) is 26.1 Å². The van der Waals surface area contributed by atoms with Gasteiger partial charge in [0.05, 0.1) is 31.6 Å². The van der Waals surface area contributed by atoms with Gasteiger partial charge in [-0.2, -0.15) is 0 Å². The zero-order valence-corrected chi connectivity index (χ0v) is 17.8. The maximum atomic E-state index is 13.1. The number of rotatable bonds is 7. The summed E-state index contributed by atoms with van der Waals surface area (Å²) >= 11 is 0. The van der Waals surface area contributed by atoms with Gasteiger partial charge >= 0.3 is 0 Å². The van der Waals surface area contributed by atoms with Crippen LogP contribution in [-0.4, -0.2) is 26.7 Å². The Labute approximate surface area is 183 Å². The van der Waals surface area contributed by atoms with Gasteiger partial charge in [0.15, 0.2) is 12.4 Å². The Hall–Kier alpha value is -4.20. The molecule has 164 valence electrons. The first kappa shape index (κ1) is 21.0. The topological polar surface area (TPSA) is 100 Å². The molecule has 0 saturated carbocycles. The third-order valence-electron chi connectivity index (χ3n) is 4.78. The summed E-state index contributed by atoms with van der Waals surface area (Å²) in [5, 5.41) is 3.04. The standard InChI is InChI=1S/C24H21NO7/c1-14-6-8-16-20(11-14)32-23(19-5-4-10-30-19)24(22(16)27)31-13-21(26)25-17-12-15(28-2)7-9-18(17)29-3/h4-12H,13H2,1-3H3,(H,25,26). The molecule has 0 fully saturated rings. The first-order chi connectivity index (χ1) is 15.5. The summed E-state index contributed by atoms with van der Waals surface area (Å²) in [6, 6.07) is 13.5. The van der Waals surface area contributed by atoms with Crippen LogP contribution in [-0.2, 0) is 4.79 Å². The van der Waals surface area contributed by atoms with Gasteiger partial charge in [-0.15, -0.1) is 0 Å². The first-order valence-electron chi connectivity index (χ1n) is 9.76. The number of furan rings is 1. The Morgan fingerprint density at radius 2 is 1.91 bits per heavy atom. The lowest BCUT2D eigenvalue weighted by molar-refractivity contribution is -0.118. The SMILES string of the molecule is COc1ccc(OC)c(NC(=O)COc2c(-c3ccco3)oc3cc(C)ccc3c2=O)c1. The molecule has 0 aliphatic rings. The number of amides is 1. The molecule has 0 spiro atoms. The van der Waals surface area contributed by atoms with Gasteiger partial charge in [-0.3, -0.25) is 9.59 Å². The normalized spacial score (nSPS) is 10.7. The molecule has 0 atom stereocenters. The predicted octanol–water partition coefficient (Wildman–Crippen LogP) is 4.40. The molecule has 4 rings (SSSR count). The van der Waals surface area contributed by atoms with Crippen LogP contribution in [0.15, 0.2) is 68.4 Å². The molecule has 0 aliphatic heterocycles. The van der Waals surface area contributed by atoms with Crippen molar-refractivity contribution in [1.82, 2.24) is 0 Å². The van der Waals surface area contributed by atoms with Crippen LogP contribution in [0, 0.1) is 6.92 Å². The number of nitrogens with one attached hydrogen (secondary N) is 1. The third-order valence-corrected chi connectivity index (χ3v) is 4.78. The number of fused-ring (bicyclic) bond motifs is 1. The second-order valence-electron chi connectivity index (χ2n) is 6.97. The van der Waals surface area contributed by atoms with E-state index in [1.54, 1.807) is 48.5 Å². The summed E-state index contributed by atoms with van der Waals surface area (Å²) in [7, 11) is 3.01. The Kier molecular flexibility index (Phi) is 5.85. The molecule has 1 amide bonds. The molecule has 32 heavy (non-hydrogen) atoms. The zero-order chi connectivity index (χ0) is 22.7. The molecule has 0 unspecified atom stereocenters. The van der Waals surface area contributed by atoms with Crippen LogP contribution in [0.1, 0.15) is 5.56 Å². The van der Waals surface area contributed by atoms with E-state index >= 15 is 0 Å². The number of hydrogen-bond acceptors (Lipinski definition) is 7. The molecule has 8 heteroatoms. The number of hydrogen-bond donors (Lipinski definition) is 1. The van der Waals surface area contributed by atoms with Crippen molar-refractivity contribution in [2.24, 2.45) is 0 Å². The van der Waals surface area contributed by atoms with Crippen molar-refractivity contribution in [2.45, 2.75) is 6.92 Å². The highest BCUT2D eigenvalue weighted by Gasteiger charge is 2.21. The van der Waals surface area contributed by atoms with E-state index < -0.39 is 17.9 Å². The molecule has 1 N–H and O–H groups in total. The highest BCUT2D eigenvalue weighted by Crippen LogP contribution is 2.32. The van der Waals surface area contributed by atoms with Gasteiger partial charge in [0.1, 0.15) is 17.1 Å². The fraction of sp³-hybridized carbons (Fsp3) is 0.167. The summed E-state index contributed by atoms with van der Waals surface area (Å²) in [4.78, 5) is 25.7. The molecule has 0 bridgehead atoms. The molecule has 0 saturated heterocycles. The van der Waals surface area contributed by atoms with E-state index in [1.165, 1.54) is 20.5 Å². The number of benzene rings is 2. The summed E-state index contributed by atoms with van der Waals surface area (Å²) in [6.45, 7) is 1.46. The van der Waals surface area contributed by atoms with Crippen molar-refractivity contribution in [1.29, 1.82) is 0 Å². The minimum atomic E-state index is -0.495. The summed E-state index contributed by atoms with van der Waals surface area (Å²) < 4.78 is 27.4. The minimum Gasteiger partial charge on any atom is -0.497 e. The number of carbonyl (C=O) groups is 1. The van der Waals surface area contributed by atoms with E-state index in [-0.39, 0.29) is 11.5 Å². The Morgan fingerprint density at radius 1 is 1.06 bits per heavy atom. The van der Waals surface area contributed by atoms with E-state index in [4.69, 9.17) is 23.0 Å². The fourth-order valence-electron chi connectivity index (χ4n) is 3.22. The van der Waals surface area contributed by atoms with E-state index in [2.05, 4.69) is 5.32 Å². The molecule has 2 aromatic heterocycles. The van der Waals surface area contributed by atoms with Crippen LogP contribution in [0.3, 0.4) is 0 Å². The highest BCUT2D eigenvalue weighted by atomic mass is 16.5. The highest BCUT2D eigenvalue weighted by molar-refractivity contribution is 5.94. The number of methoxy groups -OCH3 is 2. The van der Waals surface area contributed by atoms with E-state index in [0.29, 0.717) is 33.9 Å². The molecule has 0 radical (unpaired) electrons. The molecule has 0 aliphatic carbocycles. The fourth-order valence-corrected chi connectivity index (χ4v) is 3.22. The van der Waals surface area contributed by atoms with Crippen LogP contribution in [0.5, 0.6) is 17.2 Å². The molecular weight excluding hydrogens is 414 g/mol. The first-order valence-corrected chi connectivity index (χ1v) is 9.76. The van der Waals surface area contributed by atoms with E-state index in [0.717, 1.165) is 5.56 Å². The average Bonchev–Trinajstić information content (AvgIpc) is 3.33. The van der Waals surface area contributed by atoms with Crippen LogP contribution in [0.25, 0.3) is 22.5 Å². The van der Waals surface area contributed by atoms with Crippen molar-refractivity contribution in [3.05, 3.63) is 70.6 Å². The average molecular weight is 435 g/mol. The van der Waals surface area contributed by atoms with Gasteiger partial charge in [0, 0.05) is 6.07 Å². The second-order valence-corrected chi connectivity index (χ2v) is 6.97. The van der Waals surface area contributed by atoms with Gasteiger partial charge in [0.2, 0.25) is 16.9 Å². The lowest BCUT2D eigenvalue weighted by Gasteiger charge is -2.13. The third kappa shape index (κ3) is 4.15. The molecule has 4 aromatic rings. The summed E-state index contributed by atoms with van der Waals surface area (Å²) in [6.07, 6.45) is 1.46. The summed E-state index contributed by atoms with van der Waals surface area (Å²) in [5.41, 5.74) is 1.35. The van der Waals surface area contributed by atoms with Gasteiger partial charge < -0.3 is 28.4 Å². The van der Waals surface area contributed by atoms with Crippen LogP contribution in [0.4, 0.5) is 5.69 Å². The summed E-state index contributed by atoms with van der Waals surface area (Å²) in [5.74, 6) is 0.832. The Bertz CT molecular complexity index is 1320. The predicted molar refractivity (Wildman–Crippen MR) is 119 cm³/mol. The van der Waals surface area contributed by atoms with Crippen LogP contribution >= 0.6 is 0 Å². The van der Waals surface area contributed by atoms with Crippen molar-refractivity contribution >= 4 is 22.6 Å². The molecule has 2 aromatic carbocycles. The van der Waals surface area contributed by atoms with Gasteiger partial charge in [0.25, 0.3) is 5.91 Å². The largest absolute Gasteiger partial charge is 0.497 e. The quantitative estimate of drug-likeness (QED) is 0.459. The van der Waals surface area contributed by atoms with Crippen molar-refractivity contribution in [3.8, 4) is 28.8 Å². The van der Waals surface area contributed by atoms with Gasteiger partial charge in [-0.25, -0.2) is 0 Å². The number of ether oxygens (including phenoxy) is 3. The van der Waals surface area contributed by atoms with Gasteiger partial charge in [-0.1, -0.05) is 6.07 Å². The maximum absolute atomic E-state index is 13.1. The van der Waals surface area contributed by atoms with Crippen molar-refractivity contribution < 1.29 is 27.8 Å². The molecule has 8 nitrogen and oxygen atoms in total. The number of anilines is 1. The second kappa shape index (κ2) is 8.89. The Morgan fingerprint density at radius 3 is 2.62 bits per heavy atom. The minimum absolute atomic E-state index is 0.107. The maximum Gasteiger partial charge on any atom is 0.262 e. The van der Waals surface area contributed by atoms with Gasteiger partial charge in [-0.05, 0) is 48.9 Å². The number of carbonyl (C=O) groups excluding carboxylic acids is 1. The number of aryl methyl sites for hydroxylation is 1. The van der Waals surface area contributed by atoms with Crippen LogP contribution < -0.4 is 25.0 Å². The lowest BCUT2D eigenvalue weighted by atomic mass is 10.1. The van der Waals surface area contributed by atoms with Crippen LogP contribution in [0.2, 0.25) is 0 Å². The smallest absolute Gasteiger partial charge is 0.262 e. The monoisotopic (exact) mass is 435 g/mol. The van der Waals surface area contributed by atoms with E-state index in [1.807, 2.05) is 6.92 Å². The lowest BCUT2D eigenvalue weighted by Crippen LogP contribution is -2.23. The molecular formula is C24H21NO7. The van der Waals surface area contributed by atoms with E-state index in [9.17, 15) is 9.59 Å². The molecule has 2 heterocycles. The zero-order valence-electron chi connectivity index (χ0n) is 17.8.